The van der Waals surface area contributed by atoms with Crippen molar-refractivity contribution in [2.24, 2.45) is 0 Å². The molecule has 1 atom stereocenters. The quantitative estimate of drug-likeness (QED) is 0.694. The SMILES string of the molecule is COc1ccc(-c2csc(NC(=O)C(C)Oc3cccc(C)c3)n2)cc1. The van der Waals surface area contributed by atoms with Crippen LogP contribution in [0.5, 0.6) is 11.5 Å². The van der Waals surface area contributed by atoms with Crippen molar-refractivity contribution in [3.8, 4) is 22.8 Å². The third kappa shape index (κ3) is 4.40. The van der Waals surface area contributed by atoms with Gasteiger partial charge in [-0.1, -0.05) is 12.1 Å². The molecule has 0 aliphatic rings. The minimum absolute atomic E-state index is 0.234. The van der Waals surface area contributed by atoms with Gasteiger partial charge in [-0.25, -0.2) is 4.98 Å². The summed E-state index contributed by atoms with van der Waals surface area (Å²) >= 11 is 1.38. The normalized spacial score (nSPS) is 11.7. The van der Waals surface area contributed by atoms with Crippen LogP contribution in [0.4, 0.5) is 5.13 Å². The number of aromatic nitrogens is 1. The van der Waals surface area contributed by atoms with E-state index in [1.807, 2.05) is 60.8 Å². The van der Waals surface area contributed by atoms with Gasteiger partial charge < -0.3 is 9.47 Å². The van der Waals surface area contributed by atoms with Gasteiger partial charge in [0.05, 0.1) is 12.8 Å². The van der Waals surface area contributed by atoms with Crippen LogP contribution >= 0.6 is 11.3 Å². The second kappa shape index (κ2) is 8.01. The topological polar surface area (TPSA) is 60.5 Å². The number of methoxy groups -OCH3 is 1. The summed E-state index contributed by atoms with van der Waals surface area (Å²) in [4.78, 5) is 16.8. The molecule has 0 radical (unpaired) electrons. The molecule has 5 nitrogen and oxygen atoms in total. The van der Waals surface area contributed by atoms with Gasteiger partial charge in [-0.15, -0.1) is 11.3 Å². The molecule has 134 valence electrons. The van der Waals surface area contributed by atoms with E-state index in [2.05, 4.69) is 10.3 Å². The predicted molar refractivity (Wildman–Crippen MR) is 104 cm³/mol. The molecule has 0 aliphatic carbocycles. The zero-order chi connectivity index (χ0) is 18.5. The van der Waals surface area contributed by atoms with Crippen molar-refractivity contribution in [3.63, 3.8) is 0 Å². The molecule has 3 rings (SSSR count). The zero-order valence-electron chi connectivity index (χ0n) is 14.9. The molecular weight excluding hydrogens is 348 g/mol. The maximum Gasteiger partial charge on any atom is 0.266 e. The highest BCUT2D eigenvalue weighted by Crippen LogP contribution is 2.26. The number of ether oxygens (including phenoxy) is 2. The van der Waals surface area contributed by atoms with Gasteiger partial charge in [0, 0.05) is 10.9 Å². The van der Waals surface area contributed by atoms with Crippen molar-refractivity contribution in [1.29, 1.82) is 0 Å². The molecule has 1 N–H and O–H groups in total. The van der Waals surface area contributed by atoms with Crippen LogP contribution in [-0.2, 0) is 4.79 Å². The van der Waals surface area contributed by atoms with Crippen LogP contribution in [0.1, 0.15) is 12.5 Å². The summed E-state index contributed by atoms with van der Waals surface area (Å²) in [6, 6.07) is 15.2. The maximum absolute atomic E-state index is 12.3. The maximum atomic E-state index is 12.3. The molecule has 0 saturated carbocycles. The number of rotatable bonds is 6. The molecule has 0 aliphatic heterocycles. The van der Waals surface area contributed by atoms with Crippen LogP contribution in [-0.4, -0.2) is 24.1 Å². The Balaban J connectivity index is 1.63. The van der Waals surface area contributed by atoms with Gasteiger partial charge in [0.1, 0.15) is 11.5 Å². The van der Waals surface area contributed by atoms with Crippen molar-refractivity contribution < 1.29 is 14.3 Å². The lowest BCUT2D eigenvalue weighted by molar-refractivity contribution is -0.122. The lowest BCUT2D eigenvalue weighted by Gasteiger charge is -2.14. The second-order valence-corrected chi connectivity index (χ2v) is 6.69. The Bertz CT molecular complexity index is 890. The minimum Gasteiger partial charge on any atom is -0.497 e. The number of carbonyl (C=O) groups excluding carboxylic acids is 1. The smallest absolute Gasteiger partial charge is 0.266 e. The summed E-state index contributed by atoms with van der Waals surface area (Å²) < 4.78 is 10.9. The monoisotopic (exact) mass is 368 g/mol. The third-order valence-corrected chi connectivity index (χ3v) is 4.55. The van der Waals surface area contributed by atoms with E-state index < -0.39 is 6.10 Å². The number of hydrogen-bond donors (Lipinski definition) is 1. The zero-order valence-corrected chi connectivity index (χ0v) is 15.7. The van der Waals surface area contributed by atoms with E-state index >= 15 is 0 Å². The van der Waals surface area contributed by atoms with Crippen LogP contribution in [0.15, 0.2) is 53.9 Å². The number of nitrogens with zero attached hydrogens (tertiary/aromatic N) is 1. The highest BCUT2D eigenvalue weighted by molar-refractivity contribution is 7.14. The summed E-state index contributed by atoms with van der Waals surface area (Å²) in [5.41, 5.74) is 2.85. The summed E-state index contributed by atoms with van der Waals surface area (Å²) in [5.74, 6) is 1.23. The van der Waals surface area contributed by atoms with Crippen LogP contribution in [0.2, 0.25) is 0 Å². The van der Waals surface area contributed by atoms with E-state index in [9.17, 15) is 4.79 Å². The first-order chi connectivity index (χ1) is 12.5. The molecule has 1 unspecified atom stereocenters. The van der Waals surface area contributed by atoms with Gasteiger partial charge in [-0.3, -0.25) is 10.1 Å². The highest BCUT2D eigenvalue weighted by Gasteiger charge is 2.17. The molecular formula is C20H20N2O3S. The average Bonchev–Trinajstić information content (AvgIpc) is 3.10. The van der Waals surface area contributed by atoms with Gasteiger partial charge in [0.2, 0.25) is 0 Å². The first-order valence-electron chi connectivity index (χ1n) is 8.19. The lowest BCUT2D eigenvalue weighted by atomic mass is 10.2. The van der Waals surface area contributed by atoms with Crippen molar-refractivity contribution in [2.45, 2.75) is 20.0 Å². The second-order valence-electron chi connectivity index (χ2n) is 5.83. The lowest BCUT2D eigenvalue weighted by Crippen LogP contribution is -2.30. The largest absolute Gasteiger partial charge is 0.497 e. The van der Waals surface area contributed by atoms with E-state index in [1.54, 1.807) is 14.0 Å². The molecule has 26 heavy (non-hydrogen) atoms. The molecule has 0 bridgehead atoms. The van der Waals surface area contributed by atoms with Crippen molar-refractivity contribution >= 4 is 22.4 Å². The van der Waals surface area contributed by atoms with E-state index in [1.165, 1.54) is 11.3 Å². The molecule has 1 heterocycles. The van der Waals surface area contributed by atoms with Gasteiger partial charge in [-0.2, -0.15) is 0 Å². The molecule has 0 saturated heterocycles. The molecule has 0 spiro atoms. The Labute approximate surface area is 156 Å². The van der Waals surface area contributed by atoms with Crippen molar-refractivity contribution in [2.75, 3.05) is 12.4 Å². The fraction of sp³-hybridized carbons (Fsp3) is 0.200. The minimum atomic E-state index is -0.620. The van der Waals surface area contributed by atoms with Crippen molar-refractivity contribution in [3.05, 3.63) is 59.5 Å². The predicted octanol–water partition coefficient (Wildman–Crippen LogP) is 4.53. The number of hydrogen-bond acceptors (Lipinski definition) is 5. The number of amides is 1. The summed E-state index contributed by atoms with van der Waals surface area (Å²) in [5, 5.41) is 5.26. The molecule has 1 aromatic heterocycles. The Hall–Kier alpha value is -2.86. The Morgan fingerprint density at radius 3 is 2.62 bits per heavy atom. The van der Waals surface area contributed by atoms with Gasteiger partial charge in [-0.05, 0) is 55.8 Å². The van der Waals surface area contributed by atoms with Crippen molar-refractivity contribution in [1.82, 2.24) is 4.98 Å². The average molecular weight is 368 g/mol. The first kappa shape index (κ1) is 17.9. The summed E-state index contributed by atoms with van der Waals surface area (Å²) in [6.07, 6.45) is -0.620. The Kier molecular flexibility index (Phi) is 5.53. The van der Waals surface area contributed by atoms with E-state index in [-0.39, 0.29) is 5.91 Å². The summed E-state index contributed by atoms with van der Waals surface area (Å²) in [7, 11) is 1.63. The highest BCUT2D eigenvalue weighted by atomic mass is 32.1. The van der Waals surface area contributed by atoms with Gasteiger partial charge in [0.15, 0.2) is 11.2 Å². The molecule has 2 aromatic carbocycles. The van der Waals surface area contributed by atoms with E-state index in [4.69, 9.17) is 9.47 Å². The number of aryl methyl sites for hydroxylation is 1. The number of thiazole rings is 1. The molecule has 6 heteroatoms. The van der Waals surface area contributed by atoms with Crippen LogP contribution < -0.4 is 14.8 Å². The molecule has 3 aromatic rings. The van der Waals surface area contributed by atoms with E-state index in [0.29, 0.717) is 10.9 Å². The van der Waals surface area contributed by atoms with Crippen LogP contribution in [0, 0.1) is 6.92 Å². The number of anilines is 1. The van der Waals surface area contributed by atoms with Gasteiger partial charge >= 0.3 is 0 Å². The Morgan fingerprint density at radius 2 is 1.92 bits per heavy atom. The van der Waals surface area contributed by atoms with Crippen LogP contribution in [0.25, 0.3) is 11.3 Å². The Morgan fingerprint density at radius 1 is 1.15 bits per heavy atom. The fourth-order valence-electron chi connectivity index (χ4n) is 2.38. The third-order valence-electron chi connectivity index (χ3n) is 3.79. The number of carbonyl (C=O) groups is 1. The van der Waals surface area contributed by atoms with Crippen LogP contribution in [0.3, 0.4) is 0 Å². The fourth-order valence-corrected chi connectivity index (χ4v) is 3.10. The number of nitrogens with one attached hydrogen (secondary N) is 1. The molecule has 0 fully saturated rings. The first-order valence-corrected chi connectivity index (χ1v) is 9.07. The van der Waals surface area contributed by atoms with Gasteiger partial charge in [0.25, 0.3) is 5.91 Å². The van der Waals surface area contributed by atoms with E-state index in [0.717, 1.165) is 22.6 Å². The standard InChI is InChI=1S/C20H20N2O3S/c1-13-5-4-6-17(11-13)25-14(2)19(23)22-20-21-18(12-26-20)15-7-9-16(24-3)10-8-15/h4-12,14H,1-3H3,(H,21,22,23). The molecule has 1 amide bonds. The number of benzene rings is 2. The summed E-state index contributed by atoms with van der Waals surface area (Å²) in [6.45, 7) is 3.70.